The normalized spacial score (nSPS) is 24.2. The molecule has 4 nitrogen and oxygen atoms in total. The SMILES string of the molecule is CC(C)NCCN1CCCC2(C)CC(N=C(N)c3cccs3)=CC=C12. The fourth-order valence-corrected chi connectivity index (χ4v) is 4.47. The van der Waals surface area contributed by atoms with Gasteiger partial charge in [-0.05, 0) is 36.4 Å². The molecule has 0 aromatic carbocycles. The minimum absolute atomic E-state index is 0.180. The summed E-state index contributed by atoms with van der Waals surface area (Å²) in [7, 11) is 0. The van der Waals surface area contributed by atoms with Crippen LogP contribution in [-0.4, -0.2) is 36.4 Å². The second-order valence-corrected chi connectivity index (χ2v) is 8.57. The smallest absolute Gasteiger partial charge is 0.141 e. The summed E-state index contributed by atoms with van der Waals surface area (Å²) >= 11 is 1.64. The van der Waals surface area contributed by atoms with Gasteiger partial charge in [0.2, 0.25) is 0 Å². The summed E-state index contributed by atoms with van der Waals surface area (Å²) in [6, 6.07) is 4.58. The van der Waals surface area contributed by atoms with E-state index in [0.29, 0.717) is 11.9 Å². The Morgan fingerprint density at radius 3 is 3.00 bits per heavy atom. The van der Waals surface area contributed by atoms with Gasteiger partial charge in [0.15, 0.2) is 0 Å². The van der Waals surface area contributed by atoms with Crippen molar-refractivity contribution in [2.45, 2.75) is 46.1 Å². The number of nitrogens with one attached hydrogen (secondary N) is 1. The van der Waals surface area contributed by atoms with Crippen LogP contribution in [0.1, 0.15) is 44.9 Å². The lowest BCUT2D eigenvalue weighted by molar-refractivity contribution is 0.166. The van der Waals surface area contributed by atoms with E-state index in [0.717, 1.165) is 36.6 Å². The Kier molecular flexibility index (Phi) is 5.64. The van der Waals surface area contributed by atoms with Crippen molar-refractivity contribution in [3.63, 3.8) is 0 Å². The lowest BCUT2D eigenvalue weighted by Crippen LogP contribution is -2.44. The maximum Gasteiger partial charge on any atom is 0.141 e. The molecule has 3 rings (SSSR count). The molecule has 0 radical (unpaired) electrons. The molecule has 0 amide bonds. The van der Waals surface area contributed by atoms with Crippen LogP contribution in [-0.2, 0) is 0 Å². The molecule has 0 spiro atoms. The Labute approximate surface area is 155 Å². The van der Waals surface area contributed by atoms with Gasteiger partial charge < -0.3 is 16.0 Å². The molecule has 1 fully saturated rings. The molecule has 2 heterocycles. The number of piperidine rings is 1. The molecular formula is C20H30N4S. The molecule has 1 unspecified atom stereocenters. The summed E-state index contributed by atoms with van der Waals surface area (Å²) < 4.78 is 0. The first kappa shape index (κ1) is 18.2. The Balaban J connectivity index is 1.75. The molecular weight excluding hydrogens is 328 g/mol. The summed E-state index contributed by atoms with van der Waals surface area (Å²) in [5, 5.41) is 5.57. The number of nitrogens with zero attached hydrogens (tertiary/aromatic N) is 2. The maximum absolute atomic E-state index is 6.18. The first-order valence-electron chi connectivity index (χ1n) is 9.26. The third-order valence-corrected chi connectivity index (χ3v) is 5.98. The van der Waals surface area contributed by atoms with Crippen LogP contribution in [0.3, 0.4) is 0 Å². The predicted molar refractivity (Wildman–Crippen MR) is 108 cm³/mol. The van der Waals surface area contributed by atoms with E-state index in [4.69, 9.17) is 10.7 Å². The van der Waals surface area contributed by atoms with E-state index >= 15 is 0 Å². The second-order valence-electron chi connectivity index (χ2n) is 7.62. The zero-order valence-corrected chi connectivity index (χ0v) is 16.4. The van der Waals surface area contributed by atoms with Crippen LogP contribution >= 0.6 is 11.3 Å². The van der Waals surface area contributed by atoms with E-state index in [1.54, 1.807) is 11.3 Å². The monoisotopic (exact) mass is 358 g/mol. The highest BCUT2D eigenvalue weighted by atomic mass is 32.1. The van der Waals surface area contributed by atoms with E-state index in [1.807, 2.05) is 17.5 Å². The van der Waals surface area contributed by atoms with E-state index in [1.165, 1.54) is 18.5 Å². The third-order valence-electron chi connectivity index (χ3n) is 5.09. The summed E-state index contributed by atoms with van der Waals surface area (Å²) in [5.41, 5.74) is 8.93. The summed E-state index contributed by atoms with van der Waals surface area (Å²) in [6.07, 6.45) is 7.87. The van der Waals surface area contributed by atoms with E-state index in [2.05, 4.69) is 43.1 Å². The largest absolute Gasteiger partial charge is 0.383 e. The fourth-order valence-electron chi connectivity index (χ4n) is 3.84. The van der Waals surface area contributed by atoms with Crippen molar-refractivity contribution in [1.82, 2.24) is 10.2 Å². The fraction of sp³-hybridized carbons (Fsp3) is 0.550. The summed E-state index contributed by atoms with van der Waals surface area (Å²) in [6.45, 7) is 10.0. The number of rotatable bonds is 6. The highest BCUT2D eigenvalue weighted by molar-refractivity contribution is 7.12. The molecule has 1 aliphatic heterocycles. The van der Waals surface area contributed by atoms with Crippen LogP contribution in [0, 0.1) is 5.41 Å². The third kappa shape index (κ3) is 4.33. The van der Waals surface area contributed by atoms with Crippen LogP contribution < -0.4 is 11.1 Å². The van der Waals surface area contributed by atoms with Crippen LogP contribution in [0.2, 0.25) is 0 Å². The molecule has 25 heavy (non-hydrogen) atoms. The van der Waals surface area contributed by atoms with E-state index < -0.39 is 0 Å². The van der Waals surface area contributed by atoms with Crippen LogP contribution in [0.25, 0.3) is 0 Å². The van der Waals surface area contributed by atoms with Gasteiger partial charge in [-0.25, -0.2) is 4.99 Å². The Morgan fingerprint density at radius 1 is 1.44 bits per heavy atom. The highest BCUT2D eigenvalue weighted by Crippen LogP contribution is 2.46. The number of nitrogens with two attached hydrogens (primary N) is 1. The molecule has 0 bridgehead atoms. The van der Waals surface area contributed by atoms with Crippen molar-refractivity contribution in [3.8, 4) is 0 Å². The van der Waals surface area contributed by atoms with Crippen molar-refractivity contribution in [2.75, 3.05) is 19.6 Å². The number of thiophene rings is 1. The van der Waals surface area contributed by atoms with Crippen LogP contribution in [0.5, 0.6) is 0 Å². The Hall–Kier alpha value is -1.59. The number of fused-ring (bicyclic) bond motifs is 1. The Morgan fingerprint density at radius 2 is 2.28 bits per heavy atom. The zero-order chi connectivity index (χ0) is 17.9. The van der Waals surface area contributed by atoms with Gasteiger partial charge in [0, 0.05) is 48.9 Å². The molecule has 5 heteroatoms. The molecule has 1 saturated heterocycles. The first-order valence-corrected chi connectivity index (χ1v) is 10.1. The van der Waals surface area contributed by atoms with Gasteiger partial charge in [-0.2, -0.15) is 0 Å². The van der Waals surface area contributed by atoms with Gasteiger partial charge in [-0.15, -0.1) is 11.3 Å². The van der Waals surface area contributed by atoms with Crippen molar-refractivity contribution in [2.24, 2.45) is 16.1 Å². The molecule has 0 saturated carbocycles. The molecule has 2 aliphatic rings. The molecule has 136 valence electrons. The molecule has 1 aromatic rings. The van der Waals surface area contributed by atoms with Crippen molar-refractivity contribution < 1.29 is 0 Å². The number of aliphatic imine (C=N–C) groups is 1. The number of hydrogen-bond donors (Lipinski definition) is 2. The molecule has 1 aliphatic carbocycles. The van der Waals surface area contributed by atoms with E-state index in [9.17, 15) is 0 Å². The summed E-state index contributed by atoms with van der Waals surface area (Å²) in [4.78, 5) is 8.32. The topological polar surface area (TPSA) is 53.6 Å². The van der Waals surface area contributed by atoms with Gasteiger partial charge >= 0.3 is 0 Å². The minimum atomic E-state index is 0.180. The van der Waals surface area contributed by atoms with Gasteiger partial charge in [0.1, 0.15) is 5.84 Å². The average molecular weight is 359 g/mol. The van der Waals surface area contributed by atoms with Crippen molar-refractivity contribution in [1.29, 1.82) is 0 Å². The quantitative estimate of drug-likeness (QED) is 0.602. The number of amidine groups is 1. The lowest BCUT2D eigenvalue weighted by Gasteiger charge is -2.46. The van der Waals surface area contributed by atoms with Gasteiger partial charge in [0.25, 0.3) is 0 Å². The van der Waals surface area contributed by atoms with Crippen LogP contribution in [0.15, 0.2) is 46.1 Å². The Bertz CT molecular complexity index is 672. The zero-order valence-electron chi connectivity index (χ0n) is 15.6. The number of likely N-dealkylation sites (tertiary alicyclic amines) is 1. The van der Waals surface area contributed by atoms with Gasteiger partial charge in [-0.3, -0.25) is 0 Å². The van der Waals surface area contributed by atoms with E-state index in [-0.39, 0.29) is 5.41 Å². The van der Waals surface area contributed by atoms with Crippen LogP contribution in [0.4, 0.5) is 0 Å². The van der Waals surface area contributed by atoms with Crippen molar-refractivity contribution in [3.05, 3.63) is 45.9 Å². The van der Waals surface area contributed by atoms with Crippen molar-refractivity contribution >= 4 is 17.2 Å². The number of hydrogen-bond acceptors (Lipinski definition) is 4. The standard InChI is InChI=1S/C20H30N4S/c1-15(2)22-10-12-24-11-5-9-20(3)14-16(7-8-18(20)24)23-19(21)17-6-4-13-25-17/h4,6-8,13,15,22H,5,9-12,14H2,1-3H3,(H2,21,23). The second kappa shape index (κ2) is 7.75. The van der Waals surface area contributed by atoms with Gasteiger partial charge in [0.05, 0.1) is 4.88 Å². The maximum atomic E-state index is 6.18. The lowest BCUT2D eigenvalue weighted by atomic mass is 9.72. The highest BCUT2D eigenvalue weighted by Gasteiger charge is 2.37. The molecule has 3 N–H and O–H groups in total. The molecule has 1 aromatic heterocycles. The first-order chi connectivity index (χ1) is 12.0. The minimum Gasteiger partial charge on any atom is -0.383 e. The number of allylic oxidation sites excluding steroid dienone is 4. The predicted octanol–water partition coefficient (Wildman–Crippen LogP) is 3.73. The van der Waals surface area contributed by atoms with Gasteiger partial charge in [-0.1, -0.05) is 26.8 Å². The molecule has 1 atom stereocenters. The summed E-state index contributed by atoms with van der Waals surface area (Å²) in [5.74, 6) is 0.635. The average Bonchev–Trinajstić information content (AvgIpc) is 3.08.